The van der Waals surface area contributed by atoms with E-state index in [1.54, 1.807) is 0 Å². The van der Waals surface area contributed by atoms with E-state index in [0.29, 0.717) is 18.2 Å². The van der Waals surface area contributed by atoms with E-state index in [1.165, 1.54) is 12.8 Å². The van der Waals surface area contributed by atoms with Gasteiger partial charge in [-0.25, -0.2) is 0 Å². The van der Waals surface area contributed by atoms with Crippen molar-refractivity contribution in [2.45, 2.75) is 51.9 Å². The average Bonchev–Trinajstić information content (AvgIpc) is 3.18. The highest BCUT2D eigenvalue weighted by molar-refractivity contribution is 5.80. The molecule has 0 radical (unpaired) electrons. The van der Waals surface area contributed by atoms with Crippen LogP contribution < -0.4 is 5.32 Å². The van der Waals surface area contributed by atoms with Gasteiger partial charge in [0.2, 0.25) is 0 Å². The van der Waals surface area contributed by atoms with Crippen LogP contribution in [0.1, 0.15) is 33.6 Å². The summed E-state index contributed by atoms with van der Waals surface area (Å²) in [4.78, 5) is 9.69. The van der Waals surface area contributed by atoms with Gasteiger partial charge in [-0.1, -0.05) is 0 Å². The number of rotatable bonds is 5. The lowest BCUT2D eigenvalue weighted by atomic mass is 9.82. The second kappa shape index (κ2) is 6.75. The first kappa shape index (κ1) is 16.1. The Labute approximate surface area is 135 Å². The van der Waals surface area contributed by atoms with Crippen molar-refractivity contribution in [1.29, 1.82) is 0 Å². The fourth-order valence-corrected chi connectivity index (χ4v) is 4.13. The number of aliphatic imine (C=N–C) groups is 1. The maximum Gasteiger partial charge on any atom is 0.193 e. The maximum atomic E-state index is 6.07. The predicted molar refractivity (Wildman–Crippen MR) is 90.2 cm³/mol. The van der Waals surface area contributed by atoms with Crippen LogP contribution in [-0.4, -0.2) is 73.8 Å². The van der Waals surface area contributed by atoms with Crippen LogP contribution in [0.15, 0.2) is 4.99 Å². The largest absolute Gasteiger partial charge is 0.374 e. The molecule has 0 aliphatic carbocycles. The minimum atomic E-state index is 0.523. The van der Waals surface area contributed by atoms with Crippen molar-refractivity contribution >= 4 is 5.96 Å². The Hall–Kier alpha value is -0.810. The summed E-state index contributed by atoms with van der Waals surface area (Å²) >= 11 is 0. The molecule has 3 rings (SSSR count). The van der Waals surface area contributed by atoms with E-state index in [1.807, 2.05) is 0 Å². The summed E-state index contributed by atoms with van der Waals surface area (Å²) in [7, 11) is 2.17. The molecule has 126 valence electrons. The molecule has 0 aromatic heterocycles. The molecule has 0 aromatic rings. The van der Waals surface area contributed by atoms with Crippen molar-refractivity contribution in [1.82, 2.24) is 15.1 Å². The van der Waals surface area contributed by atoms with E-state index in [2.05, 4.69) is 42.9 Å². The molecule has 5 heteroatoms. The van der Waals surface area contributed by atoms with E-state index in [4.69, 9.17) is 9.73 Å². The minimum Gasteiger partial charge on any atom is -0.374 e. The molecule has 3 fully saturated rings. The lowest BCUT2D eigenvalue weighted by Gasteiger charge is -2.24. The van der Waals surface area contributed by atoms with Gasteiger partial charge in [0.05, 0.1) is 18.8 Å². The van der Waals surface area contributed by atoms with Crippen LogP contribution in [0.25, 0.3) is 0 Å². The molecule has 0 spiro atoms. The summed E-state index contributed by atoms with van der Waals surface area (Å²) in [5.41, 5.74) is 0. The van der Waals surface area contributed by atoms with Crippen molar-refractivity contribution in [2.24, 2.45) is 16.8 Å². The monoisotopic (exact) mass is 308 g/mol. The zero-order valence-electron chi connectivity index (χ0n) is 14.6. The van der Waals surface area contributed by atoms with Gasteiger partial charge in [-0.05, 0) is 40.7 Å². The number of likely N-dealkylation sites (N-methyl/N-ethyl adjacent to an activating group) is 1. The molecule has 0 amide bonds. The quantitative estimate of drug-likeness (QED) is 0.616. The van der Waals surface area contributed by atoms with E-state index in [9.17, 15) is 0 Å². The Kier molecular flexibility index (Phi) is 4.93. The van der Waals surface area contributed by atoms with Gasteiger partial charge in [0.15, 0.2) is 5.96 Å². The molecule has 3 heterocycles. The first-order valence-electron chi connectivity index (χ1n) is 8.99. The number of nitrogens with zero attached hydrogens (tertiary/aromatic N) is 3. The summed E-state index contributed by atoms with van der Waals surface area (Å²) in [6.45, 7) is 11.7. The molecule has 3 aliphatic rings. The van der Waals surface area contributed by atoms with Gasteiger partial charge in [0.1, 0.15) is 0 Å². The van der Waals surface area contributed by atoms with E-state index >= 15 is 0 Å². The molecule has 3 aliphatic heterocycles. The van der Waals surface area contributed by atoms with Gasteiger partial charge in [-0.15, -0.1) is 0 Å². The molecule has 2 bridgehead atoms. The molecule has 4 unspecified atom stereocenters. The zero-order chi connectivity index (χ0) is 15.7. The summed E-state index contributed by atoms with van der Waals surface area (Å²) in [5, 5.41) is 3.48. The highest BCUT2D eigenvalue weighted by Crippen LogP contribution is 2.47. The third-order valence-corrected chi connectivity index (χ3v) is 5.68. The fraction of sp³-hybridized carbons (Fsp3) is 0.941. The second-order valence-corrected chi connectivity index (χ2v) is 7.33. The Morgan fingerprint density at radius 1 is 1.27 bits per heavy atom. The highest BCUT2D eigenvalue weighted by Gasteiger charge is 2.53. The summed E-state index contributed by atoms with van der Waals surface area (Å²) in [6.07, 6.45) is 3.59. The van der Waals surface area contributed by atoms with Gasteiger partial charge in [-0.2, -0.15) is 0 Å². The predicted octanol–water partition coefficient (Wildman–Crippen LogP) is 1.40. The van der Waals surface area contributed by atoms with Gasteiger partial charge in [0, 0.05) is 44.1 Å². The van der Waals surface area contributed by atoms with Crippen molar-refractivity contribution in [3.8, 4) is 0 Å². The Morgan fingerprint density at radius 3 is 2.45 bits per heavy atom. The normalized spacial score (nSPS) is 34.1. The van der Waals surface area contributed by atoms with E-state index in [-0.39, 0.29) is 0 Å². The number of fused-ring (bicyclic) bond motifs is 5. The zero-order valence-corrected chi connectivity index (χ0v) is 14.6. The first-order chi connectivity index (χ1) is 10.6. The van der Waals surface area contributed by atoms with Crippen molar-refractivity contribution < 1.29 is 4.74 Å². The van der Waals surface area contributed by atoms with Gasteiger partial charge >= 0.3 is 0 Å². The summed E-state index contributed by atoms with van der Waals surface area (Å²) in [5.74, 6) is 2.58. The SMILES string of the molecule is CCNC(=NCCN(C)C(C)C)N1CC2C3CCC(O3)C2C1. The summed E-state index contributed by atoms with van der Waals surface area (Å²) < 4.78 is 6.07. The van der Waals surface area contributed by atoms with Crippen LogP contribution >= 0.6 is 0 Å². The number of likely N-dealkylation sites (tertiary alicyclic amines) is 1. The average molecular weight is 308 g/mol. The lowest BCUT2D eigenvalue weighted by Crippen LogP contribution is -2.42. The molecule has 0 aromatic carbocycles. The number of guanidine groups is 1. The van der Waals surface area contributed by atoms with Crippen LogP contribution in [0.4, 0.5) is 0 Å². The Bertz CT molecular complexity index is 393. The molecule has 0 saturated carbocycles. The number of hydrogen-bond donors (Lipinski definition) is 1. The number of hydrogen-bond acceptors (Lipinski definition) is 3. The minimum absolute atomic E-state index is 0.523. The third kappa shape index (κ3) is 3.11. The van der Waals surface area contributed by atoms with Crippen molar-refractivity contribution in [3.63, 3.8) is 0 Å². The Morgan fingerprint density at radius 2 is 1.91 bits per heavy atom. The van der Waals surface area contributed by atoms with Crippen LogP contribution in [0, 0.1) is 11.8 Å². The molecule has 5 nitrogen and oxygen atoms in total. The second-order valence-electron chi connectivity index (χ2n) is 7.33. The maximum absolute atomic E-state index is 6.07. The first-order valence-corrected chi connectivity index (χ1v) is 8.99. The topological polar surface area (TPSA) is 40.1 Å². The molecule has 3 saturated heterocycles. The smallest absolute Gasteiger partial charge is 0.193 e. The molecule has 1 N–H and O–H groups in total. The van der Waals surface area contributed by atoms with Crippen LogP contribution in [0.5, 0.6) is 0 Å². The van der Waals surface area contributed by atoms with Crippen molar-refractivity contribution in [3.05, 3.63) is 0 Å². The van der Waals surface area contributed by atoms with Crippen LogP contribution in [0.3, 0.4) is 0 Å². The lowest BCUT2D eigenvalue weighted by molar-refractivity contribution is 0.0767. The summed E-state index contributed by atoms with van der Waals surface area (Å²) in [6, 6.07) is 0.580. The van der Waals surface area contributed by atoms with Gasteiger partial charge in [0.25, 0.3) is 0 Å². The molecular formula is C17H32N4O. The molecule has 4 atom stereocenters. The highest BCUT2D eigenvalue weighted by atomic mass is 16.5. The van der Waals surface area contributed by atoms with E-state index in [0.717, 1.165) is 50.5 Å². The third-order valence-electron chi connectivity index (χ3n) is 5.68. The molecular weight excluding hydrogens is 276 g/mol. The van der Waals surface area contributed by atoms with Crippen LogP contribution in [-0.2, 0) is 4.74 Å². The number of ether oxygens (including phenoxy) is 1. The van der Waals surface area contributed by atoms with Crippen LogP contribution in [0.2, 0.25) is 0 Å². The fourth-order valence-electron chi connectivity index (χ4n) is 4.13. The van der Waals surface area contributed by atoms with Gasteiger partial charge < -0.3 is 19.9 Å². The standard InChI is InChI=1S/C17H32N4O/c1-5-18-17(19-8-9-20(4)12(2)3)21-10-13-14(11-21)16-7-6-15(13)22-16/h12-16H,5-11H2,1-4H3,(H,18,19). The van der Waals surface area contributed by atoms with Crippen molar-refractivity contribution in [2.75, 3.05) is 39.8 Å². The molecule has 22 heavy (non-hydrogen) atoms. The van der Waals surface area contributed by atoms with E-state index < -0.39 is 0 Å². The van der Waals surface area contributed by atoms with Gasteiger partial charge in [-0.3, -0.25) is 4.99 Å². The Balaban J connectivity index is 1.57. The number of nitrogens with one attached hydrogen (secondary N) is 1.